The maximum atomic E-state index is 3.89. The summed E-state index contributed by atoms with van der Waals surface area (Å²) in [6, 6.07) is 0. The van der Waals surface area contributed by atoms with E-state index < -0.39 is 0 Å². The third kappa shape index (κ3) is 8.17. The van der Waals surface area contributed by atoms with Gasteiger partial charge in [-0.15, -0.1) is 0 Å². The molecule has 0 heterocycles. The lowest BCUT2D eigenvalue weighted by atomic mass is 9.89. The highest BCUT2D eigenvalue weighted by atomic mass is 28.3. The van der Waals surface area contributed by atoms with Gasteiger partial charge in [-0.25, -0.2) is 0 Å². The van der Waals surface area contributed by atoms with Crippen LogP contribution in [0, 0.1) is 0 Å². The zero-order valence-electron chi connectivity index (χ0n) is 12.8. The summed E-state index contributed by atoms with van der Waals surface area (Å²) in [5, 5.41) is 0.769. The summed E-state index contributed by atoms with van der Waals surface area (Å²) >= 11 is 0. The molecule has 0 aromatic rings. The molecule has 0 saturated heterocycles. The Morgan fingerprint density at radius 1 is 0.824 bits per heavy atom. The maximum Gasteiger partial charge on any atom is 0.0907 e. The van der Waals surface area contributed by atoms with E-state index in [0.717, 1.165) is 5.04 Å². The summed E-state index contributed by atoms with van der Waals surface area (Å²) in [7, 11) is 0.0453. The highest BCUT2D eigenvalue weighted by Gasteiger charge is 2.28. The van der Waals surface area contributed by atoms with Crippen molar-refractivity contribution >= 4 is 19.4 Å². The van der Waals surface area contributed by atoms with Crippen LogP contribution in [0.25, 0.3) is 0 Å². The number of nitrogens with one attached hydrogen (secondary N) is 1. The molecule has 0 amide bonds. The standard InChI is InChI=1S/C14H35NSi2/c1-5-8-11-14(12-9-6-2,13-10-7-3)17-15-16-4/h15H,5-13,16-17H2,1-4H3. The van der Waals surface area contributed by atoms with Gasteiger partial charge in [0, 0.05) is 0 Å². The molecule has 0 saturated carbocycles. The van der Waals surface area contributed by atoms with Gasteiger partial charge in [0.15, 0.2) is 0 Å². The minimum Gasteiger partial charge on any atom is -0.369 e. The molecule has 0 aromatic heterocycles. The van der Waals surface area contributed by atoms with E-state index in [4.69, 9.17) is 0 Å². The van der Waals surface area contributed by atoms with E-state index in [-0.39, 0.29) is 19.4 Å². The van der Waals surface area contributed by atoms with Crippen LogP contribution in [0.15, 0.2) is 0 Å². The van der Waals surface area contributed by atoms with Crippen molar-refractivity contribution in [3.8, 4) is 0 Å². The van der Waals surface area contributed by atoms with Crippen molar-refractivity contribution in [2.45, 2.75) is 90.1 Å². The lowest BCUT2D eigenvalue weighted by Gasteiger charge is -2.34. The molecule has 17 heavy (non-hydrogen) atoms. The Bertz CT molecular complexity index is 125. The van der Waals surface area contributed by atoms with Gasteiger partial charge in [0.1, 0.15) is 0 Å². The second kappa shape index (κ2) is 11.5. The van der Waals surface area contributed by atoms with Crippen LogP contribution in [0.5, 0.6) is 0 Å². The fourth-order valence-corrected chi connectivity index (χ4v) is 7.09. The first-order valence-electron chi connectivity index (χ1n) is 7.95. The Morgan fingerprint density at radius 3 is 1.53 bits per heavy atom. The van der Waals surface area contributed by atoms with E-state index in [1.165, 1.54) is 57.8 Å². The Kier molecular flexibility index (Phi) is 11.7. The zero-order chi connectivity index (χ0) is 13.0. The van der Waals surface area contributed by atoms with Crippen molar-refractivity contribution in [3.05, 3.63) is 0 Å². The molecule has 1 N–H and O–H groups in total. The molecular weight excluding hydrogens is 238 g/mol. The van der Waals surface area contributed by atoms with E-state index in [2.05, 4.69) is 32.0 Å². The van der Waals surface area contributed by atoms with Crippen molar-refractivity contribution in [2.24, 2.45) is 0 Å². The van der Waals surface area contributed by atoms with Crippen LogP contribution in [0.4, 0.5) is 0 Å². The molecule has 0 unspecified atom stereocenters. The summed E-state index contributed by atoms with van der Waals surface area (Å²) in [5.74, 6) is 0. The highest BCUT2D eigenvalue weighted by Crippen LogP contribution is 2.42. The van der Waals surface area contributed by atoms with Crippen molar-refractivity contribution in [1.29, 1.82) is 0 Å². The van der Waals surface area contributed by atoms with Crippen LogP contribution in [-0.4, -0.2) is 19.4 Å². The quantitative estimate of drug-likeness (QED) is 0.537. The maximum absolute atomic E-state index is 3.89. The second-order valence-corrected chi connectivity index (χ2v) is 10.2. The minimum atomic E-state index is -0.0308. The highest BCUT2D eigenvalue weighted by molar-refractivity contribution is 6.52. The fourth-order valence-electron chi connectivity index (χ4n) is 2.69. The molecule has 0 aliphatic carbocycles. The molecule has 0 aromatic carbocycles. The van der Waals surface area contributed by atoms with E-state index in [0.29, 0.717) is 0 Å². The smallest absolute Gasteiger partial charge is 0.0907 e. The second-order valence-electron chi connectivity index (χ2n) is 5.59. The molecular formula is C14H35NSi2. The molecule has 0 rings (SSSR count). The molecule has 0 spiro atoms. The van der Waals surface area contributed by atoms with Crippen molar-refractivity contribution in [3.63, 3.8) is 0 Å². The van der Waals surface area contributed by atoms with Gasteiger partial charge < -0.3 is 4.65 Å². The molecule has 0 aliphatic heterocycles. The molecule has 0 atom stereocenters. The van der Waals surface area contributed by atoms with E-state index in [1.807, 2.05) is 0 Å². The third-order valence-electron chi connectivity index (χ3n) is 3.93. The third-order valence-corrected chi connectivity index (χ3v) is 8.74. The van der Waals surface area contributed by atoms with Crippen LogP contribution in [0.3, 0.4) is 0 Å². The van der Waals surface area contributed by atoms with Gasteiger partial charge in [-0.3, -0.25) is 0 Å². The van der Waals surface area contributed by atoms with Gasteiger partial charge in [0.2, 0.25) is 0 Å². The summed E-state index contributed by atoms with van der Waals surface area (Å²) in [6.45, 7) is 9.42. The number of hydrogen-bond donors (Lipinski definition) is 1. The monoisotopic (exact) mass is 273 g/mol. The van der Waals surface area contributed by atoms with Crippen LogP contribution < -0.4 is 4.65 Å². The molecule has 0 bridgehead atoms. The van der Waals surface area contributed by atoms with Gasteiger partial charge >= 0.3 is 0 Å². The lowest BCUT2D eigenvalue weighted by Crippen LogP contribution is -2.34. The first-order chi connectivity index (χ1) is 8.24. The zero-order valence-corrected chi connectivity index (χ0v) is 15.6. The molecule has 0 fully saturated rings. The summed E-state index contributed by atoms with van der Waals surface area (Å²) in [4.78, 5) is 0. The normalized spacial score (nSPS) is 13.4. The largest absolute Gasteiger partial charge is 0.369 e. The summed E-state index contributed by atoms with van der Waals surface area (Å²) in [5.41, 5.74) is 0. The molecule has 0 radical (unpaired) electrons. The van der Waals surface area contributed by atoms with Crippen LogP contribution in [0.2, 0.25) is 11.6 Å². The van der Waals surface area contributed by atoms with E-state index in [9.17, 15) is 0 Å². The predicted octanol–water partition coefficient (Wildman–Crippen LogP) is 3.52. The van der Waals surface area contributed by atoms with Gasteiger partial charge in [0.25, 0.3) is 0 Å². The molecule has 1 nitrogen and oxygen atoms in total. The Morgan fingerprint density at radius 2 is 1.24 bits per heavy atom. The number of hydrogen-bond acceptors (Lipinski definition) is 1. The molecule has 0 aliphatic rings. The Balaban J connectivity index is 4.39. The summed E-state index contributed by atoms with van der Waals surface area (Å²) < 4.78 is 3.89. The lowest BCUT2D eigenvalue weighted by molar-refractivity contribution is 0.397. The topological polar surface area (TPSA) is 12.0 Å². The minimum absolute atomic E-state index is 0.0308. The van der Waals surface area contributed by atoms with Crippen LogP contribution in [-0.2, 0) is 0 Å². The SMILES string of the molecule is CCCCC(CCCC)(CCCC)[SiH2]N[SiH2]C. The van der Waals surface area contributed by atoms with Gasteiger partial charge in [-0.1, -0.05) is 65.8 Å². The molecule has 3 heteroatoms. The van der Waals surface area contributed by atoms with Crippen LogP contribution >= 0.6 is 0 Å². The van der Waals surface area contributed by atoms with Crippen LogP contribution in [0.1, 0.15) is 78.6 Å². The van der Waals surface area contributed by atoms with Crippen molar-refractivity contribution in [1.82, 2.24) is 4.65 Å². The molecule has 104 valence electrons. The van der Waals surface area contributed by atoms with E-state index in [1.54, 1.807) is 0 Å². The first-order valence-corrected chi connectivity index (χ1v) is 11.5. The Labute approximate surface area is 114 Å². The Hall–Kier alpha value is 0.394. The van der Waals surface area contributed by atoms with Crippen molar-refractivity contribution < 1.29 is 0 Å². The first kappa shape index (κ1) is 17.4. The fraction of sp³-hybridized carbons (Fsp3) is 1.00. The number of rotatable bonds is 12. The van der Waals surface area contributed by atoms with Crippen molar-refractivity contribution in [2.75, 3.05) is 0 Å². The van der Waals surface area contributed by atoms with Gasteiger partial charge in [-0.2, -0.15) is 0 Å². The van der Waals surface area contributed by atoms with E-state index >= 15 is 0 Å². The number of unbranched alkanes of at least 4 members (excludes halogenated alkanes) is 3. The average Bonchev–Trinajstić information content (AvgIpc) is 2.37. The predicted molar refractivity (Wildman–Crippen MR) is 87.4 cm³/mol. The van der Waals surface area contributed by atoms with Gasteiger partial charge in [0.05, 0.1) is 19.4 Å². The van der Waals surface area contributed by atoms with Gasteiger partial charge in [-0.05, 0) is 24.3 Å². The average molecular weight is 274 g/mol. The summed E-state index contributed by atoms with van der Waals surface area (Å²) in [6.07, 6.45) is 13.0.